The van der Waals surface area contributed by atoms with Gasteiger partial charge in [0.15, 0.2) is 23.5 Å². The van der Waals surface area contributed by atoms with Crippen molar-refractivity contribution in [2.24, 2.45) is 5.92 Å². The molecular formula is C26H30N2O4. The molecule has 1 aromatic heterocycles. The Morgan fingerprint density at radius 2 is 1.88 bits per heavy atom. The summed E-state index contributed by atoms with van der Waals surface area (Å²) in [6.07, 6.45) is 9.47. The van der Waals surface area contributed by atoms with E-state index in [0.717, 1.165) is 62.2 Å². The van der Waals surface area contributed by atoms with Crippen LogP contribution in [0.2, 0.25) is 0 Å². The first-order valence-corrected chi connectivity index (χ1v) is 11.7. The number of ether oxygens (including phenoxy) is 2. The Balaban J connectivity index is 1.19. The van der Waals surface area contributed by atoms with Crippen molar-refractivity contribution in [1.82, 2.24) is 9.88 Å². The molecule has 0 bridgehead atoms. The first-order valence-electron chi connectivity index (χ1n) is 11.7. The number of oxazole rings is 1. The number of hydrogen-bond acceptors (Lipinski definition) is 5. The Kier molecular flexibility index (Phi) is 6.02. The number of likely N-dealkylation sites (tertiary alicyclic amines) is 1. The van der Waals surface area contributed by atoms with E-state index in [0.29, 0.717) is 23.2 Å². The van der Waals surface area contributed by atoms with Crippen LogP contribution in [0.1, 0.15) is 54.4 Å². The molecule has 0 N–H and O–H groups in total. The standard InChI is InChI=1S/C26H30N2O4/c1-30-24-8-6-19(15-25(24)32-21-4-2-3-5-21)14-18-10-12-28(13-11-18)26(29)20-7-9-23-22(16-20)27-17-31-23/h6-9,15-18,21H,2-5,10-14H2,1H3. The van der Waals surface area contributed by atoms with Crippen LogP contribution >= 0.6 is 0 Å². The van der Waals surface area contributed by atoms with Crippen molar-refractivity contribution in [2.45, 2.75) is 51.0 Å². The average molecular weight is 435 g/mol. The summed E-state index contributed by atoms with van der Waals surface area (Å²) in [6.45, 7) is 1.56. The Bertz CT molecular complexity index is 1080. The minimum Gasteiger partial charge on any atom is -0.493 e. The fourth-order valence-electron chi connectivity index (χ4n) is 4.97. The molecule has 1 saturated heterocycles. The molecule has 168 valence electrons. The zero-order valence-corrected chi connectivity index (χ0v) is 18.6. The van der Waals surface area contributed by atoms with Gasteiger partial charge in [0, 0.05) is 18.7 Å². The molecule has 2 heterocycles. The molecule has 0 radical (unpaired) electrons. The third kappa shape index (κ3) is 4.45. The Hall–Kier alpha value is -3.02. The van der Waals surface area contributed by atoms with Gasteiger partial charge in [0.25, 0.3) is 5.91 Å². The minimum atomic E-state index is 0.0741. The number of amides is 1. The van der Waals surface area contributed by atoms with Gasteiger partial charge >= 0.3 is 0 Å². The summed E-state index contributed by atoms with van der Waals surface area (Å²) in [6, 6.07) is 11.8. The third-order valence-corrected chi connectivity index (χ3v) is 6.83. The van der Waals surface area contributed by atoms with Crippen LogP contribution < -0.4 is 9.47 Å². The van der Waals surface area contributed by atoms with E-state index in [9.17, 15) is 4.79 Å². The molecular weight excluding hydrogens is 404 g/mol. The second-order valence-electron chi connectivity index (χ2n) is 8.98. The molecule has 6 heteroatoms. The molecule has 32 heavy (non-hydrogen) atoms. The number of piperidine rings is 1. The number of carbonyl (C=O) groups excluding carboxylic acids is 1. The number of rotatable bonds is 6. The maximum atomic E-state index is 12.9. The van der Waals surface area contributed by atoms with Crippen molar-refractivity contribution >= 4 is 17.0 Å². The number of hydrogen-bond donors (Lipinski definition) is 0. The van der Waals surface area contributed by atoms with Crippen LogP contribution in [-0.4, -0.2) is 42.1 Å². The molecule has 2 aliphatic rings. The molecule has 2 aromatic carbocycles. The highest BCUT2D eigenvalue weighted by molar-refractivity contribution is 5.97. The number of carbonyl (C=O) groups is 1. The zero-order chi connectivity index (χ0) is 21.9. The lowest BCUT2D eigenvalue weighted by Crippen LogP contribution is -2.38. The average Bonchev–Trinajstić information content (AvgIpc) is 3.51. The lowest BCUT2D eigenvalue weighted by Gasteiger charge is -2.32. The summed E-state index contributed by atoms with van der Waals surface area (Å²) in [5, 5.41) is 0. The SMILES string of the molecule is COc1ccc(CC2CCN(C(=O)c3ccc4ocnc4c3)CC2)cc1OC1CCCC1. The molecule has 3 aromatic rings. The molecule has 6 nitrogen and oxygen atoms in total. The lowest BCUT2D eigenvalue weighted by molar-refractivity contribution is 0.0690. The largest absolute Gasteiger partial charge is 0.493 e. The topological polar surface area (TPSA) is 64.8 Å². The molecule has 1 aliphatic carbocycles. The van der Waals surface area contributed by atoms with Crippen molar-refractivity contribution < 1.29 is 18.7 Å². The molecule has 5 rings (SSSR count). The van der Waals surface area contributed by atoms with Gasteiger partial charge < -0.3 is 18.8 Å². The number of fused-ring (bicyclic) bond motifs is 1. The van der Waals surface area contributed by atoms with Gasteiger partial charge in [-0.3, -0.25) is 4.79 Å². The number of benzene rings is 2. The second kappa shape index (κ2) is 9.23. The lowest BCUT2D eigenvalue weighted by atomic mass is 9.90. The van der Waals surface area contributed by atoms with Gasteiger partial charge in [-0.05, 0) is 86.8 Å². The molecule has 1 aliphatic heterocycles. The normalized spacial score (nSPS) is 17.7. The van der Waals surface area contributed by atoms with Crippen LogP contribution in [0.3, 0.4) is 0 Å². The summed E-state index contributed by atoms with van der Waals surface area (Å²) in [4.78, 5) is 19.1. The van der Waals surface area contributed by atoms with Crippen LogP contribution in [0.5, 0.6) is 11.5 Å². The third-order valence-electron chi connectivity index (χ3n) is 6.83. The van der Waals surface area contributed by atoms with E-state index in [2.05, 4.69) is 17.1 Å². The fourth-order valence-corrected chi connectivity index (χ4v) is 4.97. The minimum absolute atomic E-state index is 0.0741. The number of nitrogens with zero attached hydrogens (tertiary/aromatic N) is 2. The zero-order valence-electron chi connectivity index (χ0n) is 18.6. The second-order valence-corrected chi connectivity index (χ2v) is 8.98. The van der Waals surface area contributed by atoms with Gasteiger partial charge in [0.1, 0.15) is 5.52 Å². The highest BCUT2D eigenvalue weighted by Crippen LogP contribution is 2.34. The van der Waals surface area contributed by atoms with E-state index < -0.39 is 0 Å². The van der Waals surface area contributed by atoms with Crippen molar-refractivity contribution in [1.29, 1.82) is 0 Å². The highest BCUT2D eigenvalue weighted by atomic mass is 16.5. The van der Waals surface area contributed by atoms with Crippen LogP contribution in [0.15, 0.2) is 47.2 Å². The number of aromatic nitrogens is 1. The first kappa shape index (κ1) is 20.9. The molecule has 0 spiro atoms. The quantitative estimate of drug-likeness (QED) is 0.530. The van der Waals surface area contributed by atoms with E-state index in [1.165, 1.54) is 24.8 Å². The maximum absolute atomic E-state index is 12.9. The molecule has 0 atom stereocenters. The van der Waals surface area contributed by atoms with Gasteiger partial charge in [-0.25, -0.2) is 4.98 Å². The van der Waals surface area contributed by atoms with Crippen LogP contribution in [0, 0.1) is 5.92 Å². The van der Waals surface area contributed by atoms with E-state index in [-0.39, 0.29) is 5.91 Å². The van der Waals surface area contributed by atoms with E-state index >= 15 is 0 Å². The summed E-state index contributed by atoms with van der Waals surface area (Å²) in [5.41, 5.74) is 3.38. The van der Waals surface area contributed by atoms with Gasteiger partial charge in [-0.1, -0.05) is 6.07 Å². The van der Waals surface area contributed by atoms with Crippen LogP contribution in [0.4, 0.5) is 0 Å². The predicted molar refractivity (Wildman–Crippen MR) is 122 cm³/mol. The van der Waals surface area contributed by atoms with Gasteiger partial charge in [0.05, 0.1) is 13.2 Å². The van der Waals surface area contributed by atoms with E-state index in [4.69, 9.17) is 13.9 Å². The van der Waals surface area contributed by atoms with Crippen molar-refractivity contribution in [3.63, 3.8) is 0 Å². The number of methoxy groups -OCH3 is 1. The predicted octanol–water partition coefficient (Wildman–Crippen LogP) is 5.25. The summed E-state index contributed by atoms with van der Waals surface area (Å²) in [7, 11) is 1.70. The molecule has 0 unspecified atom stereocenters. The monoisotopic (exact) mass is 434 g/mol. The summed E-state index contributed by atoms with van der Waals surface area (Å²) < 4.78 is 17.1. The van der Waals surface area contributed by atoms with Crippen molar-refractivity contribution in [3.05, 3.63) is 53.9 Å². The van der Waals surface area contributed by atoms with Crippen molar-refractivity contribution in [3.8, 4) is 11.5 Å². The summed E-state index contributed by atoms with van der Waals surface area (Å²) >= 11 is 0. The van der Waals surface area contributed by atoms with Gasteiger partial charge in [-0.2, -0.15) is 0 Å². The maximum Gasteiger partial charge on any atom is 0.253 e. The highest BCUT2D eigenvalue weighted by Gasteiger charge is 2.25. The molecule has 1 saturated carbocycles. The molecule has 1 amide bonds. The Morgan fingerprint density at radius 1 is 1.06 bits per heavy atom. The van der Waals surface area contributed by atoms with E-state index in [1.54, 1.807) is 7.11 Å². The molecule has 2 fully saturated rings. The van der Waals surface area contributed by atoms with Gasteiger partial charge in [-0.15, -0.1) is 0 Å². The van der Waals surface area contributed by atoms with Crippen LogP contribution in [-0.2, 0) is 6.42 Å². The van der Waals surface area contributed by atoms with Crippen LogP contribution in [0.25, 0.3) is 11.1 Å². The smallest absolute Gasteiger partial charge is 0.253 e. The van der Waals surface area contributed by atoms with Crippen molar-refractivity contribution in [2.75, 3.05) is 20.2 Å². The Labute approximate surface area is 188 Å². The Morgan fingerprint density at radius 3 is 2.66 bits per heavy atom. The fraction of sp³-hybridized carbons (Fsp3) is 0.462. The van der Waals surface area contributed by atoms with Gasteiger partial charge in [0.2, 0.25) is 0 Å². The summed E-state index contributed by atoms with van der Waals surface area (Å²) in [5.74, 6) is 2.31. The van der Waals surface area contributed by atoms with E-state index in [1.807, 2.05) is 29.2 Å². The first-order chi connectivity index (χ1) is 15.7.